The van der Waals surface area contributed by atoms with E-state index in [0.717, 1.165) is 67.6 Å². The van der Waals surface area contributed by atoms with Gasteiger partial charge in [0.05, 0.1) is 18.3 Å². The first-order valence-corrected chi connectivity index (χ1v) is 12.6. The van der Waals surface area contributed by atoms with Crippen molar-refractivity contribution in [3.05, 3.63) is 65.9 Å². The molecule has 1 aromatic carbocycles. The molecule has 3 heterocycles. The fourth-order valence-electron chi connectivity index (χ4n) is 5.93. The van der Waals surface area contributed by atoms with Gasteiger partial charge in [0.1, 0.15) is 17.2 Å². The summed E-state index contributed by atoms with van der Waals surface area (Å²) in [6, 6.07) is 9.72. The van der Waals surface area contributed by atoms with Crippen LogP contribution in [0.15, 0.2) is 48.7 Å². The Morgan fingerprint density at radius 2 is 2.11 bits per heavy atom. The molecule has 1 aliphatic carbocycles. The number of methoxy groups -OCH3 is 1. The Bertz CT molecular complexity index is 1250. The number of halogens is 2. The zero-order valence-corrected chi connectivity index (χ0v) is 20.6. The van der Waals surface area contributed by atoms with Gasteiger partial charge in [-0.1, -0.05) is 12.2 Å². The van der Waals surface area contributed by atoms with Crippen LogP contribution in [0, 0.1) is 23.0 Å². The first-order chi connectivity index (χ1) is 17.5. The maximum Gasteiger partial charge on any atom is 0.213 e. The predicted molar refractivity (Wildman–Crippen MR) is 139 cm³/mol. The van der Waals surface area contributed by atoms with Gasteiger partial charge < -0.3 is 20.7 Å². The molecule has 2 aromatic heterocycles. The normalized spacial score (nSPS) is 24.3. The van der Waals surface area contributed by atoms with E-state index in [0.29, 0.717) is 30.9 Å². The molecule has 3 N–H and O–H groups in total. The SMILES string of the molecule is COc1ccc2nccc(N3CC[C@H]4C[C@@H](NCC=Cc5cc(F)ccc5F)CC[C@@]4(CN)C3)c2n1. The van der Waals surface area contributed by atoms with Gasteiger partial charge in [-0.2, -0.15) is 0 Å². The molecule has 0 spiro atoms. The molecule has 1 saturated heterocycles. The van der Waals surface area contributed by atoms with Crippen LogP contribution in [0.4, 0.5) is 14.5 Å². The lowest BCUT2D eigenvalue weighted by atomic mass is 9.61. The van der Waals surface area contributed by atoms with Crippen LogP contribution in [0.3, 0.4) is 0 Å². The highest BCUT2D eigenvalue weighted by molar-refractivity contribution is 5.88. The van der Waals surface area contributed by atoms with Crippen molar-refractivity contribution in [2.45, 2.75) is 31.7 Å². The molecule has 1 saturated carbocycles. The van der Waals surface area contributed by atoms with E-state index in [1.54, 1.807) is 13.2 Å². The van der Waals surface area contributed by atoms with Crippen LogP contribution in [0.25, 0.3) is 17.1 Å². The largest absolute Gasteiger partial charge is 0.481 e. The van der Waals surface area contributed by atoms with E-state index in [4.69, 9.17) is 10.5 Å². The summed E-state index contributed by atoms with van der Waals surface area (Å²) in [7, 11) is 1.63. The third-order valence-corrected chi connectivity index (χ3v) is 7.95. The molecule has 0 radical (unpaired) electrons. The lowest BCUT2D eigenvalue weighted by Crippen LogP contribution is -2.57. The number of nitrogens with two attached hydrogens (primary N) is 1. The zero-order valence-electron chi connectivity index (χ0n) is 20.6. The van der Waals surface area contributed by atoms with Crippen LogP contribution < -0.4 is 20.7 Å². The first kappa shape index (κ1) is 24.6. The number of fused-ring (bicyclic) bond motifs is 2. The maximum absolute atomic E-state index is 13.8. The summed E-state index contributed by atoms with van der Waals surface area (Å²) in [6.45, 7) is 3.11. The molecule has 36 heavy (non-hydrogen) atoms. The van der Waals surface area contributed by atoms with E-state index in [9.17, 15) is 8.78 Å². The van der Waals surface area contributed by atoms with Crippen LogP contribution in [0.5, 0.6) is 5.88 Å². The van der Waals surface area contributed by atoms with Gasteiger partial charge in [-0.25, -0.2) is 13.8 Å². The van der Waals surface area contributed by atoms with Gasteiger partial charge >= 0.3 is 0 Å². The minimum absolute atomic E-state index is 0.0609. The fraction of sp³-hybridized carbons (Fsp3) is 0.429. The highest BCUT2D eigenvalue weighted by Crippen LogP contribution is 2.47. The van der Waals surface area contributed by atoms with Crippen molar-refractivity contribution in [3.63, 3.8) is 0 Å². The van der Waals surface area contributed by atoms with E-state index < -0.39 is 11.6 Å². The molecule has 2 fully saturated rings. The molecule has 0 amide bonds. The molecule has 5 rings (SSSR count). The molecule has 190 valence electrons. The van der Waals surface area contributed by atoms with Crippen molar-refractivity contribution in [1.82, 2.24) is 15.3 Å². The summed E-state index contributed by atoms with van der Waals surface area (Å²) in [5.41, 5.74) is 9.56. The van der Waals surface area contributed by atoms with E-state index in [2.05, 4.69) is 20.2 Å². The van der Waals surface area contributed by atoms with E-state index in [1.165, 1.54) is 6.07 Å². The van der Waals surface area contributed by atoms with Crippen molar-refractivity contribution in [2.75, 3.05) is 38.2 Å². The standard InChI is InChI=1S/C28H33F2N5O/c1-36-26-7-6-24-27(34-26)25(9-13-33-24)35-14-10-20-16-22(8-11-28(20,17-31)18-35)32-12-2-3-19-15-21(29)4-5-23(19)30/h2-7,9,13,15,20,22,32H,8,10-12,14,16-18,31H2,1H3/t20-,22-,28+/m0/s1. The lowest BCUT2D eigenvalue weighted by Gasteiger charge is -2.53. The Hall–Kier alpha value is -3.10. The van der Waals surface area contributed by atoms with Crippen LogP contribution in [-0.4, -0.2) is 49.3 Å². The van der Waals surface area contributed by atoms with E-state index in [-0.39, 0.29) is 11.0 Å². The Morgan fingerprint density at radius 3 is 2.94 bits per heavy atom. The van der Waals surface area contributed by atoms with E-state index in [1.807, 2.05) is 30.5 Å². The van der Waals surface area contributed by atoms with Crippen molar-refractivity contribution in [3.8, 4) is 5.88 Å². The average Bonchev–Trinajstić information content (AvgIpc) is 2.91. The molecule has 0 unspecified atom stereocenters. The summed E-state index contributed by atoms with van der Waals surface area (Å²) in [5, 5.41) is 3.59. The summed E-state index contributed by atoms with van der Waals surface area (Å²) in [6.07, 6.45) is 9.55. The summed E-state index contributed by atoms with van der Waals surface area (Å²) in [5.74, 6) is 0.266. The van der Waals surface area contributed by atoms with Crippen LogP contribution >= 0.6 is 0 Å². The van der Waals surface area contributed by atoms with Crippen LogP contribution in [-0.2, 0) is 0 Å². The number of hydrogen-bond acceptors (Lipinski definition) is 6. The molecule has 6 nitrogen and oxygen atoms in total. The number of pyridine rings is 2. The van der Waals surface area contributed by atoms with E-state index >= 15 is 0 Å². The molecule has 3 aromatic rings. The lowest BCUT2D eigenvalue weighted by molar-refractivity contribution is 0.0651. The van der Waals surface area contributed by atoms with Crippen LogP contribution in [0.1, 0.15) is 31.2 Å². The van der Waals surface area contributed by atoms with Gasteiger partial charge in [-0.15, -0.1) is 0 Å². The van der Waals surface area contributed by atoms with Crippen molar-refractivity contribution < 1.29 is 13.5 Å². The second-order valence-corrected chi connectivity index (χ2v) is 9.97. The number of anilines is 1. The van der Waals surface area contributed by atoms with Crippen molar-refractivity contribution >= 4 is 22.8 Å². The minimum atomic E-state index is -0.435. The number of nitrogens with one attached hydrogen (secondary N) is 1. The van der Waals surface area contributed by atoms with Crippen molar-refractivity contribution in [1.29, 1.82) is 0 Å². The van der Waals surface area contributed by atoms with Crippen LogP contribution in [0.2, 0.25) is 0 Å². The number of rotatable bonds is 7. The first-order valence-electron chi connectivity index (χ1n) is 12.6. The van der Waals surface area contributed by atoms with Gasteiger partial charge in [0.2, 0.25) is 5.88 Å². The summed E-state index contributed by atoms with van der Waals surface area (Å²) in [4.78, 5) is 11.6. The minimum Gasteiger partial charge on any atom is -0.481 e. The molecule has 1 aliphatic heterocycles. The second kappa shape index (κ2) is 10.5. The molecule has 8 heteroatoms. The van der Waals surface area contributed by atoms with Gasteiger partial charge in [-0.3, -0.25) is 4.98 Å². The Labute approximate surface area is 210 Å². The second-order valence-electron chi connectivity index (χ2n) is 9.97. The van der Waals surface area contributed by atoms with Gasteiger partial charge in [0, 0.05) is 48.9 Å². The molecule has 3 atom stereocenters. The molecular formula is C28H33F2N5O. The highest BCUT2D eigenvalue weighted by Gasteiger charge is 2.46. The average molecular weight is 494 g/mol. The smallest absolute Gasteiger partial charge is 0.213 e. The molecular weight excluding hydrogens is 460 g/mol. The third-order valence-electron chi connectivity index (χ3n) is 7.95. The number of ether oxygens (including phenoxy) is 1. The summed E-state index contributed by atoms with van der Waals surface area (Å²) < 4.78 is 32.6. The molecule has 0 bridgehead atoms. The van der Waals surface area contributed by atoms with Gasteiger partial charge in [-0.05, 0) is 68.5 Å². The highest BCUT2D eigenvalue weighted by atomic mass is 19.1. The molecule has 2 aliphatic rings. The van der Waals surface area contributed by atoms with Crippen molar-refractivity contribution in [2.24, 2.45) is 17.1 Å². The topological polar surface area (TPSA) is 76.3 Å². The summed E-state index contributed by atoms with van der Waals surface area (Å²) >= 11 is 0. The Morgan fingerprint density at radius 1 is 1.22 bits per heavy atom. The Balaban J connectivity index is 1.24. The number of nitrogens with zero attached hydrogens (tertiary/aromatic N) is 3. The number of benzene rings is 1. The number of hydrogen-bond donors (Lipinski definition) is 2. The Kier molecular flexibility index (Phi) is 7.16. The third kappa shape index (κ3) is 4.92. The number of aromatic nitrogens is 2. The van der Waals surface area contributed by atoms with Gasteiger partial charge in [0.15, 0.2) is 0 Å². The monoisotopic (exact) mass is 493 g/mol. The fourth-order valence-corrected chi connectivity index (χ4v) is 5.93. The quantitative estimate of drug-likeness (QED) is 0.503. The predicted octanol–water partition coefficient (Wildman–Crippen LogP) is 4.54. The zero-order chi connectivity index (χ0) is 25.1. The van der Waals surface area contributed by atoms with Gasteiger partial charge in [0.25, 0.3) is 0 Å². The number of piperidine rings is 1. The maximum atomic E-state index is 13.8.